The van der Waals surface area contributed by atoms with Crippen LogP contribution in [-0.2, 0) is 12.8 Å². The van der Waals surface area contributed by atoms with Crippen LogP contribution in [0.4, 0.5) is 0 Å². The van der Waals surface area contributed by atoms with Crippen LogP contribution in [0.5, 0.6) is 0 Å². The van der Waals surface area contributed by atoms with Gasteiger partial charge in [-0.3, -0.25) is 0 Å². The minimum atomic E-state index is 0.676. The first-order valence-electron chi connectivity index (χ1n) is 5.90. The van der Waals surface area contributed by atoms with Crippen LogP contribution in [0.25, 0.3) is 0 Å². The normalized spacial score (nSPS) is 22.6. The lowest BCUT2D eigenvalue weighted by Crippen LogP contribution is -2.22. The Kier molecular flexibility index (Phi) is 3.72. The molecule has 1 fully saturated rings. The van der Waals surface area contributed by atoms with Crippen molar-refractivity contribution in [2.24, 2.45) is 5.92 Å². The van der Waals surface area contributed by atoms with E-state index in [1.54, 1.807) is 0 Å². The minimum Gasteiger partial charge on any atom is -0.339 e. The first-order chi connectivity index (χ1) is 7.38. The Morgan fingerprint density at radius 3 is 3.20 bits per heavy atom. The van der Waals surface area contributed by atoms with E-state index in [1.165, 1.54) is 19.3 Å². The SMILES string of the molecule is CCc1nc(CC2CCCCNC2)no1. The van der Waals surface area contributed by atoms with Crippen molar-refractivity contribution in [3.8, 4) is 0 Å². The van der Waals surface area contributed by atoms with E-state index in [9.17, 15) is 0 Å². The third kappa shape index (κ3) is 3.02. The highest BCUT2D eigenvalue weighted by atomic mass is 16.5. The molecule has 0 amide bonds. The molecule has 0 saturated carbocycles. The average molecular weight is 209 g/mol. The summed E-state index contributed by atoms with van der Waals surface area (Å²) in [5.41, 5.74) is 0. The molecule has 0 radical (unpaired) electrons. The largest absolute Gasteiger partial charge is 0.339 e. The Morgan fingerprint density at radius 1 is 1.47 bits per heavy atom. The van der Waals surface area contributed by atoms with E-state index in [4.69, 9.17) is 4.52 Å². The smallest absolute Gasteiger partial charge is 0.226 e. The number of rotatable bonds is 3. The second-order valence-electron chi connectivity index (χ2n) is 4.23. The van der Waals surface area contributed by atoms with Crippen molar-refractivity contribution >= 4 is 0 Å². The second-order valence-corrected chi connectivity index (χ2v) is 4.23. The number of nitrogens with one attached hydrogen (secondary N) is 1. The molecule has 1 saturated heterocycles. The Bertz CT molecular complexity index is 290. The molecule has 0 spiro atoms. The highest BCUT2D eigenvalue weighted by Crippen LogP contribution is 2.15. The van der Waals surface area contributed by atoms with Crippen molar-refractivity contribution in [1.29, 1.82) is 0 Å². The summed E-state index contributed by atoms with van der Waals surface area (Å²) in [7, 11) is 0. The topological polar surface area (TPSA) is 51.0 Å². The Morgan fingerprint density at radius 2 is 2.40 bits per heavy atom. The van der Waals surface area contributed by atoms with E-state index in [2.05, 4.69) is 15.5 Å². The summed E-state index contributed by atoms with van der Waals surface area (Å²) in [5.74, 6) is 2.31. The molecule has 4 nitrogen and oxygen atoms in total. The van der Waals surface area contributed by atoms with Crippen molar-refractivity contribution in [2.75, 3.05) is 13.1 Å². The van der Waals surface area contributed by atoms with Gasteiger partial charge in [-0.2, -0.15) is 4.98 Å². The van der Waals surface area contributed by atoms with Crippen LogP contribution in [0.2, 0.25) is 0 Å². The third-order valence-corrected chi connectivity index (χ3v) is 2.93. The zero-order valence-corrected chi connectivity index (χ0v) is 9.33. The van der Waals surface area contributed by atoms with Crippen LogP contribution < -0.4 is 5.32 Å². The molecule has 1 aromatic rings. The molecule has 15 heavy (non-hydrogen) atoms. The van der Waals surface area contributed by atoms with Crippen molar-refractivity contribution in [1.82, 2.24) is 15.5 Å². The Hall–Kier alpha value is -0.900. The number of hydrogen-bond donors (Lipinski definition) is 1. The second kappa shape index (κ2) is 5.26. The summed E-state index contributed by atoms with van der Waals surface area (Å²) in [6.45, 7) is 4.28. The number of aryl methyl sites for hydroxylation is 1. The van der Waals surface area contributed by atoms with Crippen molar-refractivity contribution in [3.05, 3.63) is 11.7 Å². The van der Waals surface area contributed by atoms with Gasteiger partial charge in [-0.1, -0.05) is 18.5 Å². The Balaban J connectivity index is 1.89. The van der Waals surface area contributed by atoms with Gasteiger partial charge in [0.2, 0.25) is 5.89 Å². The molecular formula is C11H19N3O. The van der Waals surface area contributed by atoms with E-state index >= 15 is 0 Å². The van der Waals surface area contributed by atoms with Gasteiger partial charge in [-0.05, 0) is 31.8 Å². The van der Waals surface area contributed by atoms with Gasteiger partial charge in [0, 0.05) is 12.8 Å². The molecule has 1 aliphatic rings. The molecule has 2 rings (SSSR count). The molecule has 1 N–H and O–H groups in total. The van der Waals surface area contributed by atoms with Gasteiger partial charge in [-0.25, -0.2) is 0 Å². The van der Waals surface area contributed by atoms with Gasteiger partial charge in [0.05, 0.1) is 0 Å². The molecule has 1 unspecified atom stereocenters. The van der Waals surface area contributed by atoms with Gasteiger partial charge in [0.15, 0.2) is 5.82 Å². The fraction of sp³-hybridized carbons (Fsp3) is 0.818. The number of aromatic nitrogens is 2. The molecule has 1 aliphatic heterocycles. The van der Waals surface area contributed by atoms with Crippen LogP contribution in [-0.4, -0.2) is 23.2 Å². The summed E-state index contributed by atoms with van der Waals surface area (Å²) < 4.78 is 5.11. The van der Waals surface area contributed by atoms with Crippen molar-refractivity contribution in [3.63, 3.8) is 0 Å². The van der Waals surface area contributed by atoms with Gasteiger partial charge in [0.1, 0.15) is 0 Å². The van der Waals surface area contributed by atoms with Crippen LogP contribution >= 0.6 is 0 Å². The first kappa shape index (κ1) is 10.6. The van der Waals surface area contributed by atoms with E-state index in [0.29, 0.717) is 5.92 Å². The van der Waals surface area contributed by atoms with Crippen LogP contribution in [0.15, 0.2) is 4.52 Å². The molecule has 4 heteroatoms. The van der Waals surface area contributed by atoms with Crippen LogP contribution in [0, 0.1) is 5.92 Å². The molecule has 0 aromatic carbocycles. The number of nitrogens with zero attached hydrogens (tertiary/aromatic N) is 2. The highest BCUT2D eigenvalue weighted by Gasteiger charge is 2.15. The van der Waals surface area contributed by atoms with E-state index < -0.39 is 0 Å². The standard InChI is InChI=1S/C11H19N3O/c1-2-11-13-10(14-15-11)7-9-5-3-4-6-12-8-9/h9,12H,2-8H2,1H3. The summed E-state index contributed by atoms with van der Waals surface area (Å²) in [5, 5.41) is 7.45. The lowest BCUT2D eigenvalue weighted by atomic mass is 9.99. The number of hydrogen-bond acceptors (Lipinski definition) is 4. The molecule has 0 bridgehead atoms. The van der Waals surface area contributed by atoms with E-state index in [1.807, 2.05) is 6.92 Å². The maximum Gasteiger partial charge on any atom is 0.226 e. The Labute approximate surface area is 90.4 Å². The summed E-state index contributed by atoms with van der Waals surface area (Å²) in [6, 6.07) is 0. The molecule has 2 heterocycles. The van der Waals surface area contributed by atoms with Gasteiger partial charge in [-0.15, -0.1) is 0 Å². The van der Waals surface area contributed by atoms with Crippen molar-refractivity contribution < 1.29 is 4.52 Å². The van der Waals surface area contributed by atoms with Gasteiger partial charge in [0.25, 0.3) is 0 Å². The summed E-state index contributed by atoms with van der Waals surface area (Å²) in [6.07, 6.45) is 5.68. The zero-order valence-electron chi connectivity index (χ0n) is 9.33. The van der Waals surface area contributed by atoms with E-state index in [-0.39, 0.29) is 0 Å². The quantitative estimate of drug-likeness (QED) is 0.821. The maximum atomic E-state index is 5.11. The monoisotopic (exact) mass is 209 g/mol. The predicted octanol–water partition coefficient (Wildman–Crippen LogP) is 1.56. The third-order valence-electron chi connectivity index (χ3n) is 2.93. The molecular weight excluding hydrogens is 190 g/mol. The summed E-state index contributed by atoms with van der Waals surface area (Å²) >= 11 is 0. The zero-order chi connectivity index (χ0) is 10.5. The lowest BCUT2D eigenvalue weighted by molar-refractivity contribution is 0.370. The van der Waals surface area contributed by atoms with Crippen molar-refractivity contribution in [2.45, 2.75) is 39.0 Å². The lowest BCUT2D eigenvalue weighted by Gasteiger charge is -2.10. The van der Waals surface area contributed by atoms with Gasteiger partial charge >= 0.3 is 0 Å². The van der Waals surface area contributed by atoms with Crippen LogP contribution in [0.1, 0.15) is 37.9 Å². The minimum absolute atomic E-state index is 0.676. The molecule has 1 atom stereocenters. The molecule has 84 valence electrons. The highest BCUT2D eigenvalue weighted by molar-refractivity contribution is 4.89. The maximum absolute atomic E-state index is 5.11. The first-order valence-corrected chi connectivity index (χ1v) is 5.90. The van der Waals surface area contributed by atoms with Gasteiger partial charge < -0.3 is 9.84 Å². The molecule has 0 aliphatic carbocycles. The predicted molar refractivity (Wildman–Crippen MR) is 57.6 cm³/mol. The molecule has 1 aromatic heterocycles. The average Bonchev–Trinajstić information content (AvgIpc) is 2.54. The fourth-order valence-corrected chi connectivity index (χ4v) is 2.04. The fourth-order valence-electron chi connectivity index (χ4n) is 2.04. The summed E-state index contributed by atoms with van der Waals surface area (Å²) in [4.78, 5) is 4.35. The van der Waals surface area contributed by atoms with Crippen LogP contribution in [0.3, 0.4) is 0 Å². The van der Waals surface area contributed by atoms with E-state index in [0.717, 1.165) is 37.6 Å².